The molecule has 0 spiro atoms. The molecule has 0 fully saturated rings. The first-order chi connectivity index (χ1) is 7.69. The molecule has 0 bridgehead atoms. The van der Waals surface area contributed by atoms with Crippen molar-refractivity contribution in [2.45, 2.75) is 13.3 Å². The van der Waals surface area contributed by atoms with Gasteiger partial charge in [-0.2, -0.15) is 0 Å². The van der Waals surface area contributed by atoms with Crippen molar-refractivity contribution >= 4 is 17.8 Å². The van der Waals surface area contributed by atoms with Crippen LogP contribution in [0.15, 0.2) is 35.9 Å². The van der Waals surface area contributed by atoms with Gasteiger partial charge in [0.25, 0.3) is 0 Å². The molecule has 0 amide bonds. The lowest BCUT2D eigenvalue weighted by molar-refractivity contribution is -0.137. The third kappa shape index (κ3) is 3.05. The summed E-state index contributed by atoms with van der Waals surface area (Å²) in [4.78, 5) is 23.0. The second kappa shape index (κ2) is 5.85. The summed E-state index contributed by atoms with van der Waals surface area (Å²) < 4.78 is 4.58. The molecule has 1 aromatic rings. The van der Waals surface area contributed by atoms with Gasteiger partial charge in [0.2, 0.25) is 0 Å². The Kier molecular flexibility index (Phi) is 4.45. The normalized spacial score (nSPS) is 11.0. The van der Waals surface area contributed by atoms with Crippen LogP contribution in [0.5, 0.6) is 0 Å². The molecule has 1 aromatic carbocycles. The number of ketones is 1. The largest absolute Gasteiger partial charge is 0.465 e. The second-order valence-corrected chi connectivity index (χ2v) is 3.24. The highest BCUT2D eigenvalue weighted by molar-refractivity contribution is 6.20. The van der Waals surface area contributed by atoms with Crippen LogP contribution in [-0.4, -0.2) is 18.9 Å². The standard InChI is InChI=1S/C13H14O3/c1-3-12(14)11(13(15)16-2)9-10-7-5-4-6-8-10/h4-9H,3H2,1-2H3. The Morgan fingerprint density at radius 3 is 2.38 bits per heavy atom. The number of carbonyl (C=O) groups excluding carboxylic acids is 2. The van der Waals surface area contributed by atoms with Crippen LogP contribution < -0.4 is 0 Å². The number of rotatable bonds is 4. The Hall–Kier alpha value is -1.90. The molecule has 0 saturated heterocycles. The molecule has 16 heavy (non-hydrogen) atoms. The SMILES string of the molecule is CCC(=O)C(=Cc1ccccc1)C(=O)OC. The number of methoxy groups -OCH3 is 1. The molecule has 0 aliphatic heterocycles. The van der Waals surface area contributed by atoms with E-state index in [1.54, 1.807) is 13.0 Å². The van der Waals surface area contributed by atoms with E-state index in [0.29, 0.717) is 0 Å². The molecule has 0 atom stereocenters. The summed E-state index contributed by atoms with van der Waals surface area (Å²) in [5.74, 6) is -0.800. The summed E-state index contributed by atoms with van der Waals surface area (Å²) in [6.45, 7) is 1.71. The van der Waals surface area contributed by atoms with Crippen LogP contribution in [0.3, 0.4) is 0 Å². The van der Waals surface area contributed by atoms with E-state index in [1.165, 1.54) is 7.11 Å². The van der Waals surface area contributed by atoms with Gasteiger partial charge in [0.15, 0.2) is 5.78 Å². The fourth-order valence-corrected chi connectivity index (χ4v) is 1.27. The van der Waals surface area contributed by atoms with Crippen molar-refractivity contribution in [1.29, 1.82) is 0 Å². The van der Waals surface area contributed by atoms with Gasteiger partial charge < -0.3 is 4.74 Å². The Morgan fingerprint density at radius 2 is 1.88 bits per heavy atom. The summed E-state index contributed by atoms with van der Waals surface area (Å²) in [6.07, 6.45) is 1.84. The predicted octanol–water partition coefficient (Wildman–Crippen LogP) is 2.22. The van der Waals surface area contributed by atoms with Crippen molar-refractivity contribution in [1.82, 2.24) is 0 Å². The zero-order valence-corrected chi connectivity index (χ0v) is 9.40. The van der Waals surface area contributed by atoms with Crippen LogP contribution in [0.1, 0.15) is 18.9 Å². The lowest BCUT2D eigenvalue weighted by atomic mass is 10.1. The number of hydrogen-bond donors (Lipinski definition) is 0. The Morgan fingerprint density at radius 1 is 1.25 bits per heavy atom. The zero-order chi connectivity index (χ0) is 12.0. The lowest BCUT2D eigenvalue weighted by Crippen LogP contribution is -2.13. The van der Waals surface area contributed by atoms with Crippen LogP contribution in [0, 0.1) is 0 Å². The lowest BCUT2D eigenvalue weighted by Gasteiger charge is -2.02. The van der Waals surface area contributed by atoms with E-state index >= 15 is 0 Å². The number of esters is 1. The second-order valence-electron chi connectivity index (χ2n) is 3.24. The van der Waals surface area contributed by atoms with Crippen molar-refractivity contribution in [2.75, 3.05) is 7.11 Å². The molecule has 0 aliphatic carbocycles. The third-order valence-electron chi connectivity index (χ3n) is 2.14. The van der Waals surface area contributed by atoms with E-state index in [2.05, 4.69) is 4.74 Å². The summed E-state index contributed by atoms with van der Waals surface area (Å²) >= 11 is 0. The molecule has 0 heterocycles. The average Bonchev–Trinajstić information content (AvgIpc) is 2.35. The zero-order valence-electron chi connectivity index (χ0n) is 9.40. The van der Waals surface area contributed by atoms with E-state index < -0.39 is 5.97 Å². The van der Waals surface area contributed by atoms with E-state index in [1.807, 2.05) is 30.3 Å². The van der Waals surface area contributed by atoms with Crippen LogP contribution in [0.2, 0.25) is 0 Å². The summed E-state index contributed by atoms with van der Waals surface area (Å²) in [5.41, 5.74) is 0.904. The predicted molar refractivity (Wildman–Crippen MR) is 61.7 cm³/mol. The Bertz CT molecular complexity index is 386. The average molecular weight is 218 g/mol. The minimum absolute atomic E-state index is 0.0937. The first kappa shape index (κ1) is 12.2. The number of benzene rings is 1. The highest BCUT2D eigenvalue weighted by atomic mass is 16.5. The number of hydrogen-bond acceptors (Lipinski definition) is 3. The van der Waals surface area contributed by atoms with Gasteiger partial charge in [0.1, 0.15) is 5.57 Å². The topological polar surface area (TPSA) is 43.4 Å². The minimum Gasteiger partial charge on any atom is -0.465 e. The maximum atomic E-state index is 11.5. The number of carbonyl (C=O) groups is 2. The molecule has 0 radical (unpaired) electrons. The van der Waals surface area contributed by atoms with Crippen molar-refractivity contribution in [3.63, 3.8) is 0 Å². The number of Topliss-reactive ketones (excluding diaryl/α,β-unsaturated/α-hetero) is 1. The van der Waals surface area contributed by atoms with Gasteiger partial charge in [-0.15, -0.1) is 0 Å². The molecule has 0 N–H and O–H groups in total. The monoisotopic (exact) mass is 218 g/mol. The molecule has 0 aromatic heterocycles. The third-order valence-corrected chi connectivity index (χ3v) is 2.14. The summed E-state index contributed by atoms with van der Waals surface area (Å²) in [7, 11) is 1.27. The molecular weight excluding hydrogens is 204 g/mol. The fourth-order valence-electron chi connectivity index (χ4n) is 1.27. The molecule has 1 rings (SSSR count). The van der Waals surface area contributed by atoms with Crippen LogP contribution in [-0.2, 0) is 14.3 Å². The first-order valence-corrected chi connectivity index (χ1v) is 5.07. The van der Waals surface area contributed by atoms with Crippen molar-refractivity contribution < 1.29 is 14.3 Å². The molecule has 0 aliphatic rings. The maximum Gasteiger partial charge on any atom is 0.341 e. The van der Waals surface area contributed by atoms with E-state index in [4.69, 9.17) is 0 Å². The highest BCUT2D eigenvalue weighted by Crippen LogP contribution is 2.10. The quantitative estimate of drug-likeness (QED) is 0.337. The fraction of sp³-hybridized carbons (Fsp3) is 0.231. The van der Waals surface area contributed by atoms with Gasteiger partial charge in [-0.3, -0.25) is 4.79 Å². The van der Waals surface area contributed by atoms with Crippen LogP contribution in [0.4, 0.5) is 0 Å². The van der Waals surface area contributed by atoms with Gasteiger partial charge in [-0.05, 0) is 11.6 Å². The molecule has 3 nitrogen and oxygen atoms in total. The Balaban J connectivity index is 3.06. The number of ether oxygens (including phenoxy) is 1. The smallest absolute Gasteiger partial charge is 0.341 e. The molecule has 84 valence electrons. The minimum atomic E-state index is -0.587. The maximum absolute atomic E-state index is 11.5. The Labute approximate surface area is 94.7 Å². The molecule has 0 saturated carbocycles. The van der Waals surface area contributed by atoms with Gasteiger partial charge in [-0.1, -0.05) is 37.3 Å². The summed E-state index contributed by atoms with van der Waals surface area (Å²) in [5, 5.41) is 0. The van der Waals surface area contributed by atoms with Gasteiger partial charge >= 0.3 is 5.97 Å². The van der Waals surface area contributed by atoms with E-state index in [9.17, 15) is 9.59 Å². The van der Waals surface area contributed by atoms with E-state index in [0.717, 1.165) is 5.56 Å². The van der Waals surface area contributed by atoms with E-state index in [-0.39, 0.29) is 17.8 Å². The molecule has 3 heteroatoms. The molecular formula is C13H14O3. The van der Waals surface area contributed by atoms with Crippen molar-refractivity contribution in [3.8, 4) is 0 Å². The van der Waals surface area contributed by atoms with Crippen LogP contribution in [0.25, 0.3) is 6.08 Å². The van der Waals surface area contributed by atoms with Gasteiger partial charge in [0.05, 0.1) is 7.11 Å². The highest BCUT2D eigenvalue weighted by Gasteiger charge is 2.16. The summed E-state index contributed by atoms with van der Waals surface area (Å²) in [6, 6.07) is 9.21. The van der Waals surface area contributed by atoms with Crippen LogP contribution >= 0.6 is 0 Å². The van der Waals surface area contributed by atoms with Crippen molar-refractivity contribution in [3.05, 3.63) is 41.5 Å². The van der Waals surface area contributed by atoms with Gasteiger partial charge in [0, 0.05) is 6.42 Å². The van der Waals surface area contributed by atoms with Gasteiger partial charge in [-0.25, -0.2) is 4.79 Å². The first-order valence-electron chi connectivity index (χ1n) is 5.07. The van der Waals surface area contributed by atoms with Crippen molar-refractivity contribution in [2.24, 2.45) is 0 Å². The molecule has 0 unspecified atom stereocenters.